The summed E-state index contributed by atoms with van der Waals surface area (Å²) >= 11 is 0. The second-order valence-electron chi connectivity index (χ2n) is 5.65. The molecule has 0 spiro atoms. The Balaban J connectivity index is 1.59. The Bertz CT molecular complexity index is 497. The van der Waals surface area contributed by atoms with Crippen LogP contribution in [-0.4, -0.2) is 25.1 Å². The maximum atomic E-state index is 11.7. The van der Waals surface area contributed by atoms with Gasteiger partial charge in [0, 0.05) is 18.5 Å². The minimum Gasteiger partial charge on any atom is -0.493 e. The van der Waals surface area contributed by atoms with Crippen LogP contribution in [0.15, 0.2) is 18.2 Å². The van der Waals surface area contributed by atoms with Crippen molar-refractivity contribution in [3.8, 4) is 5.75 Å². The van der Waals surface area contributed by atoms with Gasteiger partial charge in [-0.3, -0.25) is 4.79 Å². The molecule has 1 heterocycles. The standard InChI is InChI=1S/C16H22N2O2/c1-2-14(17-10-16(19)18-13-4-5-13)11-3-6-15-12(9-11)7-8-20-15/h3,6,9,13-14,17H,2,4-5,7-8,10H2,1H3,(H,18,19). The lowest BCUT2D eigenvalue weighted by molar-refractivity contribution is -0.120. The molecule has 1 aromatic carbocycles. The summed E-state index contributed by atoms with van der Waals surface area (Å²) in [5, 5.41) is 6.36. The zero-order valence-corrected chi connectivity index (χ0v) is 11.9. The third-order valence-corrected chi connectivity index (χ3v) is 3.98. The molecule has 1 aromatic rings. The first-order chi connectivity index (χ1) is 9.76. The molecule has 108 valence electrons. The average molecular weight is 274 g/mol. The van der Waals surface area contributed by atoms with Crippen LogP contribution in [0, 0.1) is 0 Å². The molecule has 0 radical (unpaired) electrons. The Morgan fingerprint density at radius 1 is 1.45 bits per heavy atom. The highest BCUT2D eigenvalue weighted by Gasteiger charge is 2.23. The highest BCUT2D eigenvalue weighted by Crippen LogP contribution is 2.29. The number of nitrogens with one attached hydrogen (secondary N) is 2. The van der Waals surface area contributed by atoms with Crippen LogP contribution in [0.25, 0.3) is 0 Å². The first-order valence-corrected chi connectivity index (χ1v) is 7.54. The maximum Gasteiger partial charge on any atom is 0.234 e. The summed E-state index contributed by atoms with van der Waals surface area (Å²) in [5.74, 6) is 1.12. The van der Waals surface area contributed by atoms with Gasteiger partial charge in [0.1, 0.15) is 5.75 Å². The molecule has 4 heteroatoms. The topological polar surface area (TPSA) is 50.4 Å². The number of rotatable bonds is 6. The predicted octanol–water partition coefficient (Wildman–Crippen LogP) is 1.94. The van der Waals surface area contributed by atoms with E-state index in [0.29, 0.717) is 12.6 Å². The molecule has 1 aliphatic heterocycles. The van der Waals surface area contributed by atoms with Gasteiger partial charge in [-0.15, -0.1) is 0 Å². The Morgan fingerprint density at radius 3 is 3.05 bits per heavy atom. The number of ether oxygens (including phenoxy) is 1. The van der Waals surface area contributed by atoms with E-state index in [9.17, 15) is 4.79 Å². The van der Waals surface area contributed by atoms with Gasteiger partial charge in [0.25, 0.3) is 0 Å². The molecule has 3 rings (SSSR count). The molecule has 0 bridgehead atoms. The summed E-state index contributed by atoms with van der Waals surface area (Å²) in [6, 6.07) is 7.02. The van der Waals surface area contributed by atoms with E-state index in [-0.39, 0.29) is 11.9 Å². The van der Waals surface area contributed by atoms with Gasteiger partial charge in [-0.25, -0.2) is 0 Å². The number of hydrogen-bond donors (Lipinski definition) is 2. The number of carbonyl (C=O) groups excluding carboxylic acids is 1. The van der Waals surface area contributed by atoms with Gasteiger partial charge in [0.15, 0.2) is 0 Å². The summed E-state index contributed by atoms with van der Waals surface area (Å²) in [7, 11) is 0. The van der Waals surface area contributed by atoms with E-state index in [1.165, 1.54) is 11.1 Å². The first kappa shape index (κ1) is 13.4. The normalized spacial score (nSPS) is 18.2. The van der Waals surface area contributed by atoms with E-state index in [4.69, 9.17) is 4.74 Å². The molecule has 2 aliphatic rings. The van der Waals surface area contributed by atoms with E-state index >= 15 is 0 Å². The van der Waals surface area contributed by atoms with Gasteiger partial charge in [0.05, 0.1) is 13.2 Å². The van der Waals surface area contributed by atoms with Crippen molar-refractivity contribution in [3.63, 3.8) is 0 Å². The molecule has 1 unspecified atom stereocenters. The summed E-state index contributed by atoms with van der Waals surface area (Å²) in [6.45, 7) is 3.32. The van der Waals surface area contributed by atoms with Crippen molar-refractivity contribution in [3.05, 3.63) is 29.3 Å². The summed E-state index contributed by atoms with van der Waals surface area (Å²) in [4.78, 5) is 11.7. The largest absolute Gasteiger partial charge is 0.493 e. The highest BCUT2D eigenvalue weighted by atomic mass is 16.5. The molecule has 1 aliphatic carbocycles. The minimum absolute atomic E-state index is 0.107. The van der Waals surface area contributed by atoms with Crippen LogP contribution < -0.4 is 15.4 Å². The molecule has 20 heavy (non-hydrogen) atoms. The van der Waals surface area contributed by atoms with Crippen molar-refractivity contribution in [1.29, 1.82) is 0 Å². The van der Waals surface area contributed by atoms with Crippen LogP contribution in [0.4, 0.5) is 0 Å². The second-order valence-corrected chi connectivity index (χ2v) is 5.65. The average Bonchev–Trinajstić information content (AvgIpc) is 3.14. The SMILES string of the molecule is CCC(NCC(=O)NC1CC1)c1ccc2c(c1)CCO2. The molecule has 1 saturated carbocycles. The maximum absolute atomic E-state index is 11.7. The monoisotopic (exact) mass is 274 g/mol. The quantitative estimate of drug-likeness (QED) is 0.833. The number of benzene rings is 1. The van der Waals surface area contributed by atoms with Crippen molar-refractivity contribution in [1.82, 2.24) is 10.6 Å². The van der Waals surface area contributed by atoms with Gasteiger partial charge in [0.2, 0.25) is 5.91 Å². The van der Waals surface area contributed by atoms with Gasteiger partial charge in [-0.1, -0.05) is 19.1 Å². The third-order valence-electron chi connectivity index (χ3n) is 3.98. The summed E-state index contributed by atoms with van der Waals surface area (Å²) < 4.78 is 5.53. The Kier molecular flexibility index (Phi) is 3.92. The van der Waals surface area contributed by atoms with Crippen molar-refractivity contribution < 1.29 is 9.53 Å². The van der Waals surface area contributed by atoms with Gasteiger partial charge in [-0.05, 0) is 36.5 Å². The van der Waals surface area contributed by atoms with Crippen molar-refractivity contribution in [2.45, 2.75) is 44.7 Å². The summed E-state index contributed by atoms with van der Waals surface area (Å²) in [5.41, 5.74) is 2.53. The van der Waals surface area contributed by atoms with E-state index in [1.807, 2.05) is 6.07 Å². The molecule has 0 aromatic heterocycles. The number of carbonyl (C=O) groups is 1. The summed E-state index contributed by atoms with van der Waals surface area (Å²) in [6.07, 6.45) is 4.22. The fourth-order valence-corrected chi connectivity index (χ4v) is 2.64. The van der Waals surface area contributed by atoms with Crippen LogP contribution in [-0.2, 0) is 11.2 Å². The Morgan fingerprint density at radius 2 is 2.30 bits per heavy atom. The zero-order chi connectivity index (χ0) is 13.9. The molecule has 4 nitrogen and oxygen atoms in total. The zero-order valence-electron chi connectivity index (χ0n) is 11.9. The number of fused-ring (bicyclic) bond motifs is 1. The van der Waals surface area contributed by atoms with E-state index in [2.05, 4.69) is 29.7 Å². The second kappa shape index (κ2) is 5.83. The number of hydrogen-bond acceptors (Lipinski definition) is 3. The van der Waals surface area contributed by atoms with E-state index in [0.717, 1.165) is 38.0 Å². The molecular formula is C16H22N2O2. The number of amides is 1. The van der Waals surface area contributed by atoms with Crippen LogP contribution in [0.2, 0.25) is 0 Å². The molecule has 0 saturated heterocycles. The predicted molar refractivity (Wildman–Crippen MR) is 77.8 cm³/mol. The third kappa shape index (κ3) is 3.12. The van der Waals surface area contributed by atoms with Crippen LogP contribution in [0.1, 0.15) is 43.4 Å². The van der Waals surface area contributed by atoms with Crippen molar-refractivity contribution in [2.24, 2.45) is 0 Å². The molecule has 1 amide bonds. The van der Waals surface area contributed by atoms with Gasteiger partial charge >= 0.3 is 0 Å². The lowest BCUT2D eigenvalue weighted by atomic mass is 10.0. The van der Waals surface area contributed by atoms with Crippen molar-refractivity contribution >= 4 is 5.91 Å². The lowest BCUT2D eigenvalue weighted by Gasteiger charge is -2.18. The lowest BCUT2D eigenvalue weighted by Crippen LogP contribution is -2.36. The fourth-order valence-electron chi connectivity index (χ4n) is 2.64. The van der Waals surface area contributed by atoms with Crippen LogP contribution >= 0.6 is 0 Å². The molecular weight excluding hydrogens is 252 g/mol. The molecule has 1 fully saturated rings. The minimum atomic E-state index is 0.107. The van der Waals surface area contributed by atoms with Crippen LogP contribution in [0.5, 0.6) is 5.75 Å². The van der Waals surface area contributed by atoms with E-state index in [1.54, 1.807) is 0 Å². The van der Waals surface area contributed by atoms with Gasteiger partial charge in [-0.2, -0.15) is 0 Å². The van der Waals surface area contributed by atoms with Crippen LogP contribution in [0.3, 0.4) is 0 Å². The smallest absolute Gasteiger partial charge is 0.234 e. The first-order valence-electron chi connectivity index (χ1n) is 7.54. The fraction of sp³-hybridized carbons (Fsp3) is 0.562. The van der Waals surface area contributed by atoms with Crippen molar-refractivity contribution in [2.75, 3.05) is 13.2 Å². The Hall–Kier alpha value is -1.55. The Labute approximate surface area is 119 Å². The molecule has 2 N–H and O–H groups in total. The van der Waals surface area contributed by atoms with E-state index < -0.39 is 0 Å². The molecule has 1 atom stereocenters. The van der Waals surface area contributed by atoms with Gasteiger partial charge < -0.3 is 15.4 Å². The highest BCUT2D eigenvalue weighted by molar-refractivity contribution is 5.78.